The van der Waals surface area contributed by atoms with Gasteiger partial charge in [-0.2, -0.15) is 0 Å². The van der Waals surface area contributed by atoms with Crippen LogP contribution in [-0.4, -0.2) is 20.5 Å². The van der Waals surface area contributed by atoms with Crippen molar-refractivity contribution in [3.05, 3.63) is 48.3 Å². The third kappa shape index (κ3) is 2.75. The van der Waals surface area contributed by atoms with Gasteiger partial charge in [0, 0.05) is 0 Å². The average Bonchev–Trinajstić information content (AvgIpc) is 2.89. The van der Waals surface area contributed by atoms with E-state index in [2.05, 4.69) is 9.71 Å². The molecule has 0 fully saturated rings. The third-order valence-electron chi connectivity index (χ3n) is 2.95. The van der Waals surface area contributed by atoms with E-state index in [1.165, 1.54) is 30.6 Å². The van der Waals surface area contributed by atoms with Crippen molar-refractivity contribution >= 4 is 36.7 Å². The van der Waals surface area contributed by atoms with Crippen LogP contribution in [0.1, 0.15) is 0 Å². The molecular weight excluding hydrogens is 327 g/mol. The van der Waals surface area contributed by atoms with Crippen molar-refractivity contribution in [3.8, 4) is 5.75 Å². The van der Waals surface area contributed by atoms with Crippen molar-refractivity contribution in [1.82, 2.24) is 4.98 Å². The van der Waals surface area contributed by atoms with Crippen molar-refractivity contribution in [2.45, 2.75) is 4.90 Å². The van der Waals surface area contributed by atoms with E-state index in [9.17, 15) is 12.8 Å². The molecule has 5 nitrogen and oxygen atoms in total. The first-order valence-corrected chi connectivity index (χ1v) is 8.51. The summed E-state index contributed by atoms with van der Waals surface area (Å²) in [6.45, 7) is 0. The molecule has 1 heterocycles. The molecule has 0 aliphatic rings. The summed E-state index contributed by atoms with van der Waals surface area (Å²) in [5.74, 6) is 0.0738. The van der Waals surface area contributed by atoms with Crippen molar-refractivity contribution < 1.29 is 17.5 Å². The zero-order chi connectivity index (χ0) is 15.7. The summed E-state index contributed by atoms with van der Waals surface area (Å²) < 4.78 is 45.8. The summed E-state index contributed by atoms with van der Waals surface area (Å²) in [7, 11) is -2.28. The van der Waals surface area contributed by atoms with Gasteiger partial charge in [0.15, 0.2) is 5.13 Å². The van der Waals surface area contributed by atoms with Crippen LogP contribution in [0.2, 0.25) is 0 Å². The fourth-order valence-electron chi connectivity index (χ4n) is 1.92. The summed E-state index contributed by atoms with van der Waals surface area (Å²) in [6, 6.07) is 9.96. The van der Waals surface area contributed by atoms with Crippen LogP contribution >= 0.6 is 11.3 Å². The van der Waals surface area contributed by atoms with Gasteiger partial charge >= 0.3 is 0 Å². The number of hydrogen-bond acceptors (Lipinski definition) is 5. The second-order valence-electron chi connectivity index (χ2n) is 4.39. The molecule has 114 valence electrons. The quantitative estimate of drug-likeness (QED) is 0.793. The second kappa shape index (κ2) is 5.54. The predicted octanol–water partition coefficient (Wildman–Crippen LogP) is 3.24. The second-order valence-corrected chi connectivity index (χ2v) is 7.10. The lowest BCUT2D eigenvalue weighted by Crippen LogP contribution is -2.12. The Morgan fingerprint density at radius 1 is 1.18 bits per heavy atom. The normalized spacial score (nSPS) is 11.5. The lowest BCUT2D eigenvalue weighted by atomic mass is 10.3. The number of ether oxygens (including phenoxy) is 1. The van der Waals surface area contributed by atoms with Crippen molar-refractivity contribution in [3.63, 3.8) is 0 Å². The van der Waals surface area contributed by atoms with Crippen LogP contribution in [0.25, 0.3) is 10.2 Å². The first-order chi connectivity index (χ1) is 10.5. The van der Waals surface area contributed by atoms with Gasteiger partial charge in [-0.05, 0) is 36.4 Å². The van der Waals surface area contributed by atoms with Gasteiger partial charge < -0.3 is 4.74 Å². The Hall–Kier alpha value is -2.19. The number of halogens is 1. The van der Waals surface area contributed by atoms with Crippen LogP contribution in [-0.2, 0) is 10.0 Å². The zero-order valence-corrected chi connectivity index (χ0v) is 13.0. The Labute approximate surface area is 130 Å². The van der Waals surface area contributed by atoms with Crippen molar-refractivity contribution in [2.75, 3.05) is 11.8 Å². The number of hydrogen-bond donors (Lipinski definition) is 1. The van der Waals surface area contributed by atoms with Gasteiger partial charge in [-0.1, -0.05) is 17.4 Å². The predicted molar refractivity (Wildman–Crippen MR) is 83.4 cm³/mol. The molecule has 0 bridgehead atoms. The highest BCUT2D eigenvalue weighted by molar-refractivity contribution is 7.93. The molecule has 3 aromatic rings. The van der Waals surface area contributed by atoms with Crippen molar-refractivity contribution in [1.29, 1.82) is 0 Å². The Balaban J connectivity index is 1.97. The van der Waals surface area contributed by atoms with E-state index >= 15 is 0 Å². The summed E-state index contributed by atoms with van der Waals surface area (Å²) in [5, 5.41) is 0.226. The number of thiazole rings is 1. The van der Waals surface area contributed by atoms with E-state index in [1.807, 2.05) is 6.07 Å². The largest absolute Gasteiger partial charge is 0.494 e. The van der Waals surface area contributed by atoms with Crippen LogP contribution in [0, 0.1) is 5.82 Å². The molecule has 0 aliphatic heterocycles. The third-order valence-corrected chi connectivity index (χ3v) is 5.37. The van der Waals surface area contributed by atoms with Gasteiger partial charge in [0.2, 0.25) is 0 Å². The maximum atomic E-state index is 12.9. The summed E-state index contributed by atoms with van der Waals surface area (Å²) >= 11 is 1.20. The SMILES string of the molecule is COc1cccc2sc(NS(=O)(=O)c3ccc(F)cc3)nc12. The molecule has 0 atom stereocenters. The minimum Gasteiger partial charge on any atom is -0.494 e. The number of fused-ring (bicyclic) bond motifs is 1. The number of sulfonamides is 1. The molecule has 0 unspecified atom stereocenters. The van der Waals surface area contributed by atoms with Crippen LogP contribution in [0.5, 0.6) is 5.75 Å². The molecule has 8 heteroatoms. The van der Waals surface area contributed by atoms with Gasteiger partial charge in [0.25, 0.3) is 10.0 Å². The topological polar surface area (TPSA) is 68.3 Å². The molecule has 0 spiro atoms. The fourth-order valence-corrected chi connectivity index (χ4v) is 4.04. The van der Waals surface area contributed by atoms with E-state index in [-0.39, 0.29) is 10.0 Å². The first kappa shape index (κ1) is 14.7. The van der Waals surface area contributed by atoms with Gasteiger partial charge in [-0.3, -0.25) is 4.72 Å². The van der Waals surface area contributed by atoms with Crippen LogP contribution < -0.4 is 9.46 Å². The maximum absolute atomic E-state index is 12.9. The standard InChI is InChI=1S/C14H11FN2O3S2/c1-20-11-3-2-4-12-13(11)16-14(21-12)17-22(18,19)10-7-5-9(15)6-8-10/h2-8H,1H3,(H,16,17). The fraction of sp³-hybridized carbons (Fsp3) is 0.0714. The highest BCUT2D eigenvalue weighted by Gasteiger charge is 2.17. The highest BCUT2D eigenvalue weighted by Crippen LogP contribution is 2.33. The number of para-hydroxylation sites is 1. The van der Waals surface area contributed by atoms with Crippen LogP contribution in [0.15, 0.2) is 47.4 Å². The molecule has 0 aliphatic carbocycles. The van der Waals surface area contributed by atoms with E-state index in [0.717, 1.165) is 16.8 Å². The van der Waals surface area contributed by atoms with Crippen molar-refractivity contribution in [2.24, 2.45) is 0 Å². The Bertz CT molecular complexity index is 921. The molecule has 0 amide bonds. The van der Waals surface area contributed by atoms with E-state index in [1.54, 1.807) is 12.1 Å². The average molecular weight is 338 g/mol. The van der Waals surface area contributed by atoms with Crippen LogP contribution in [0.4, 0.5) is 9.52 Å². The van der Waals surface area contributed by atoms with E-state index < -0.39 is 15.8 Å². The number of nitrogens with one attached hydrogen (secondary N) is 1. The number of methoxy groups -OCH3 is 1. The first-order valence-electron chi connectivity index (χ1n) is 6.21. The summed E-state index contributed by atoms with van der Waals surface area (Å²) in [5.41, 5.74) is 0.590. The smallest absolute Gasteiger partial charge is 0.263 e. The molecular formula is C14H11FN2O3S2. The highest BCUT2D eigenvalue weighted by atomic mass is 32.2. The lowest BCUT2D eigenvalue weighted by Gasteiger charge is -2.04. The lowest BCUT2D eigenvalue weighted by molar-refractivity contribution is 0.419. The number of aromatic nitrogens is 1. The maximum Gasteiger partial charge on any atom is 0.263 e. The number of nitrogens with zero attached hydrogens (tertiary/aromatic N) is 1. The molecule has 0 saturated carbocycles. The molecule has 2 aromatic carbocycles. The van der Waals surface area contributed by atoms with Gasteiger partial charge in [-0.25, -0.2) is 17.8 Å². The van der Waals surface area contributed by atoms with Gasteiger partial charge in [0.05, 0.1) is 16.7 Å². The monoisotopic (exact) mass is 338 g/mol. The molecule has 3 rings (SSSR count). The number of rotatable bonds is 4. The molecule has 22 heavy (non-hydrogen) atoms. The van der Waals surface area contributed by atoms with Crippen LogP contribution in [0.3, 0.4) is 0 Å². The molecule has 1 N–H and O–H groups in total. The number of benzene rings is 2. The Kier molecular flexibility index (Phi) is 3.71. The molecule has 0 saturated heterocycles. The Morgan fingerprint density at radius 3 is 2.59 bits per heavy atom. The van der Waals surface area contributed by atoms with E-state index in [4.69, 9.17) is 4.74 Å². The summed E-state index contributed by atoms with van der Waals surface area (Å²) in [4.78, 5) is 4.21. The molecule has 1 aromatic heterocycles. The minimum atomic E-state index is -3.81. The molecule has 0 radical (unpaired) electrons. The zero-order valence-electron chi connectivity index (χ0n) is 11.4. The summed E-state index contributed by atoms with van der Waals surface area (Å²) in [6.07, 6.45) is 0. The Morgan fingerprint density at radius 2 is 1.91 bits per heavy atom. The van der Waals surface area contributed by atoms with E-state index in [0.29, 0.717) is 11.3 Å². The van der Waals surface area contributed by atoms with Gasteiger partial charge in [-0.15, -0.1) is 0 Å². The minimum absolute atomic E-state index is 0.0277. The number of anilines is 1. The van der Waals surface area contributed by atoms with Gasteiger partial charge in [0.1, 0.15) is 17.1 Å².